The highest BCUT2D eigenvalue weighted by atomic mass is 32.2. The maximum absolute atomic E-state index is 13.1. The largest absolute Gasteiger partial charge is 0.481 e. The minimum atomic E-state index is -3.54. The number of nitrogens with zero attached hydrogens (tertiary/aromatic N) is 2. The summed E-state index contributed by atoms with van der Waals surface area (Å²) in [6, 6.07) is 7.52. The van der Waals surface area contributed by atoms with E-state index < -0.39 is 21.2 Å². The van der Waals surface area contributed by atoms with Gasteiger partial charge in [-0.1, -0.05) is 18.2 Å². The summed E-state index contributed by atoms with van der Waals surface area (Å²) in [5, 5.41) is 8.04. The minimum Gasteiger partial charge on any atom is -0.481 e. The molecule has 0 bridgehead atoms. The highest BCUT2D eigenvalue weighted by molar-refractivity contribution is 8.00. The number of carbonyl (C=O) groups excluding carboxylic acids is 1. The zero-order chi connectivity index (χ0) is 18.7. The topological polar surface area (TPSA) is 95.0 Å². The fourth-order valence-corrected chi connectivity index (χ4v) is 6.10. The molecule has 0 spiro atoms. The van der Waals surface area contributed by atoms with E-state index in [-0.39, 0.29) is 24.0 Å². The van der Waals surface area contributed by atoms with Crippen LogP contribution >= 0.6 is 11.8 Å². The summed E-state index contributed by atoms with van der Waals surface area (Å²) in [6.45, 7) is 1.14. The first-order valence-electron chi connectivity index (χ1n) is 8.56. The van der Waals surface area contributed by atoms with Gasteiger partial charge in [0.15, 0.2) is 0 Å². The molecule has 0 aliphatic carbocycles. The molecule has 2 heterocycles. The molecule has 3 rings (SSSR count). The minimum absolute atomic E-state index is 0.0611. The van der Waals surface area contributed by atoms with Gasteiger partial charge in [0.05, 0.1) is 22.4 Å². The highest BCUT2D eigenvalue weighted by Crippen LogP contribution is 2.33. The Kier molecular flexibility index (Phi) is 5.76. The van der Waals surface area contributed by atoms with Crippen molar-refractivity contribution in [3.8, 4) is 0 Å². The molecule has 1 unspecified atom stereocenters. The number of para-hydroxylation sites is 1. The standard InChI is InChI=1S/C17H22N2O5S2/c20-16(11-25-12-17(21)22)18-8-3-5-14(10-18)26(23,24)19-9-7-13-4-1-2-6-15(13)19/h1-2,4,6,14H,3,5,7-12H2,(H,21,22). The van der Waals surface area contributed by atoms with Gasteiger partial charge in [0.2, 0.25) is 15.9 Å². The Balaban J connectivity index is 1.67. The molecule has 1 N–H and O–H groups in total. The summed E-state index contributed by atoms with van der Waals surface area (Å²) < 4.78 is 27.7. The van der Waals surface area contributed by atoms with Gasteiger partial charge in [-0.05, 0) is 30.9 Å². The van der Waals surface area contributed by atoms with Crippen molar-refractivity contribution in [3.63, 3.8) is 0 Å². The molecule has 9 heteroatoms. The molecule has 142 valence electrons. The van der Waals surface area contributed by atoms with Crippen molar-refractivity contribution in [1.82, 2.24) is 4.90 Å². The molecule has 1 saturated heterocycles. The molecule has 0 radical (unpaired) electrons. The highest BCUT2D eigenvalue weighted by Gasteiger charge is 2.39. The Bertz CT molecular complexity index is 796. The van der Waals surface area contributed by atoms with Crippen molar-refractivity contribution in [2.45, 2.75) is 24.5 Å². The SMILES string of the molecule is O=C(O)CSCC(=O)N1CCCC(S(=O)(=O)N2CCc3ccccc32)C1. The Labute approximate surface area is 157 Å². The van der Waals surface area contributed by atoms with E-state index in [0.29, 0.717) is 32.4 Å². The van der Waals surface area contributed by atoms with Gasteiger partial charge in [-0.15, -0.1) is 11.8 Å². The second-order valence-corrected chi connectivity index (χ2v) is 9.61. The average Bonchev–Trinajstić information content (AvgIpc) is 3.06. The first-order valence-corrected chi connectivity index (χ1v) is 11.2. The summed E-state index contributed by atoms with van der Waals surface area (Å²) >= 11 is 1.04. The van der Waals surface area contributed by atoms with Crippen molar-refractivity contribution in [1.29, 1.82) is 0 Å². The number of carboxylic acid groups (broad SMARTS) is 1. The number of sulfonamides is 1. The Morgan fingerprint density at radius 3 is 2.73 bits per heavy atom. The van der Waals surface area contributed by atoms with E-state index in [1.807, 2.05) is 24.3 Å². The van der Waals surface area contributed by atoms with Gasteiger partial charge >= 0.3 is 5.97 Å². The van der Waals surface area contributed by atoms with E-state index in [2.05, 4.69) is 0 Å². The molecule has 1 aromatic carbocycles. The number of hydrogen-bond donors (Lipinski definition) is 1. The van der Waals surface area contributed by atoms with Crippen LogP contribution in [0.2, 0.25) is 0 Å². The van der Waals surface area contributed by atoms with Gasteiger partial charge in [-0.3, -0.25) is 13.9 Å². The number of benzene rings is 1. The van der Waals surface area contributed by atoms with Crippen molar-refractivity contribution < 1.29 is 23.1 Å². The molecule has 26 heavy (non-hydrogen) atoms. The van der Waals surface area contributed by atoms with Crippen LogP contribution in [0.1, 0.15) is 18.4 Å². The lowest BCUT2D eigenvalue weighted by molar-refractivity contribution is -0.133. The van der Waals surface area contributed by atoms with Gasteiger partial charge in [0.25, 0.3) is 0 Å². The van der Waals surface area contributed by atoms with Crippen LogP contribution in [0.15, 0.2) is 24.3 Å². The van der Waals surface area contributed by atoms with Crippen LogP contribution in [-0.4, -0.2) is 66.7 Å². The molecule has 1 amide bonds. The van der Waals surface area contributed by atoms with E-state index in [1.54, 1.807) is 4.90 Å². The number of hydrogen-bond acceptors (Lipinski definition) is 5. The Hall–Kier alpha value is -1.74. The number of carbonyl (C=O) groups is 2. The van der Waals surface area contributed by atoms with Gasteiger partial charge < -0.3 is 10.0 Å². The fraction of sp³-hybridized carbons (Fsp3) is 0.529. The number of fused-ring (bicyclic) bond motifs is 1. The third kappa shape index (κ3) is 3.98. The number of piperidine rings is 1. The average molecular weight is 399 g/mol. The zero-order valence-electron chi connectivity index (χ0n) is 14.3. The summed E-state index contributed by atoms with van der Waals surface area (Å²) in [5.41, 5.74) is 1.78. The maximum Gasteiger partial charge on any atom is 0.313 e. The first-order chi connectivity index (χ1) is 12.4. The van der Waals surface area contributed by atoms with Crippen LogP contribution in [0.4, 0.5) is 5.69 Å². The first kappa shape index (κ1) is 19.0. The second kappa shape index (κ2) is 7.87. The van der Waals surface area contributed by atoms with Crippen LogP contribution in [0.25, 0.3) is 0 Å². The Morgan fingerprint density at radius 1 is 1.19 bits per heavy atom. The second-order valence-electron chi connectivity index (χ2n) is 6.49. The number of thioether (sulfide) groups is 1. The summed E-state index contributed by atoms with van der Waals surface area (Å²) in [5.74, 6) is -1.23. The number of carboxylic acids is 1. The predicted molar refractivity (Wildman–Crippen MR) is 101 cm³/mol. The van der Waals surface area contributed by atoms with E-state index in [1.165, 1.54) is 4.31 Å². The normalized spacial score (nSPS) is 20.1. The predicted octanol–water partition coefficient (Wildman–Crippen LogP) is 1.19. The van der Waals surface area contributed by atoms with Gasteiger partial charge in [0, 0.05) is 19.6 Å². The van der Waals surface area contributed by atoms with Crippen LogP contribution in [0, 0.1) is 0 Å². The van der Waals surface area contributed by atoms with E-state index >= 15 is 0 Å². The van der Waals surface area contributed by atoms with Crippen molar-refractivity contribution >= 4 is 39.3 Å². The van der Waals surface area contributed by atoms with Crippen molar-refractivity contribution in [3.05, 3.63) is 29.8 Å². The molecule has 1 atom stereocenters. The molecule has 1 aromatic rings. The van der Waals surface area contributed by atoms with Crippen LogP contribution in [-0.2, 0) is 26.0 Å². The third-order valence-corrected chi connectivity index (χ3v) is 7.88. The number of amides is 1. The van der Waals surface area contributed by atoms with Crippen molar-refractivity contribution in [2.24, 2.45) is 0 Å². The number of rotatable bonds is 6. The fourth-order valence-electron chi connectivity index (χ4n) is 3.48. The smallest absolute Gasteiger partial charge is 0.313 e. The summed E-state index contributed by atoms with van der Waals surface area (Å²) in [6.07, 6.45) is 1.87. The van der Waals surface area contributed by atoms with E-state index in [9.17, 15) is 18.0 Å². The lowest BCUT2D eigenvalue weighted by atomic mass is 10.1. The molecular weight excluding hydrogens is 376 g/mol. The quantitative estimate of drug-likeness (QED) is 0.773. The lowest BCUT2D eigenvalue weighted by Gasteiger charge is -2.35. The van der Waals surface area contributed by atoms with Crippen LogP contribution < -0.4 is 4.31 Å². The van der Waals surface area contributed by atoms with Gasteiger partial charge in [0.1, 0.15) is 0 Å². The van der Waals surface area contributed by atoms with Gasteiger partial charge in [-0.2, -0.15) is 0 Å². The van der Waals surface area contributed by atoms with E-state index in [0.717, 1.165) is 23.0 Å². The van der Waals surface area contributed by atoms with Crippen LogP contribution in [0.5, 0.6) is 0 Å². The molecule has 1 fully saturated rings. The number of likely N-dealkylation sites (tertiary alicyclic amines) is 1. The molecule has 2 aliphatic rings. The van der Waals surface area contributed by atoms with Gasteiger partial charge in [-0.25, -0.2) is 8.42 Å². The summed E-state index contributed by atoms with van der Waals surface area (Å²) in [4.78, 5) is 24.4. The molecule has 0 saturated carbocycles. The lowest BCUT2D eigenvalue weighted by Crippen LogP contribution is -2.49. The van der Waals surface area contributed by atoms with E-state index in [4.69, 9.17) is 5.11 Å². The molecular formula is C17H22N2O5S2. The summed E-state index contributed by atoms with van der Waals surface area (Å²) in [7, 11) is -3.54. The monoisotopic (exact) mass is 398 g/mol. The maximum atomic E-state index is 13.1. The Morgan fingerprint density at radius 2 is 1.96 bits per heavy atom. The molecule has 0 aromatic heterocycles. The molecule has 2 aliphatic heterocycles. The zero-order valence-corrected chi connectivity index (χ0v) is 16.0. The molecule has 7 nitrogen and oxygen atoms in total. The number of aliphatic carboxylic acids is 1. The van der Waals surface area contributed by atoms with Crippen LogP contribution in [0.3, 0.4) is 0 Å². The van der Waals surface area contributed by atoms with Crippen molar-refractivity contribution in [2.75, 3.05) is 35.4 Å². The number of anilines is 1. The third-order valence-electron chi connectivity index (χ3n) is 4.75.